The van der Waals surface area contributed by atoms with Crippen LogP contribution < -0.4 is 15.2 Å². The lowest BCUT2D eigenvalue weighted by molar-refractivity contribution is 0.261. The monoisotopic (exact) mass is 449 g/mol. The van der Waals surface area contributed by atoms with E-state index in [1.165, 1.54) is 0 Å². The maximum absolute atomic E-state index is 13.0. The first-order valence-electron chi connectivity index (χ1n) is 10.2. The molecule has 3 aromatic carbocycles. The molecule has 0 aliphatic heterocycles. The van der Waals surface area contributed by atoms with Crippen molar-refractivity contribution in [3.8, 4) is 28.6 Å². The number of aromatic nitrogens is 2. The molecule has 0 radical (unpaired) electrons. The maximum atomic E-state index is 13.0. The molecule has 0 amide bonds. The van der Waals surface area contributed by atoms with E-state index in [0.717, 1.165) is 23.7 Å². The Hall–Kier alpha value is -3.48. The van der Waals surface area contributed by atoms with E-state index in [4.69, 9.17) is 21.1 Å². The van der Waals surface area contributed by atoms with Crippen LogP contribution in [0.5, 0.6) is 17.2 Å². The molecule has 6 nitrogen and oxygen atoms in total. The van der Waals surface area contributed by atoms with Crippen LogP contribution in [0.25, 0.3) is 11.4 Å². The van der Waals surface area contributed by atoms with Crippen LogP contribution in [0.15, 0.2) is 90.0 Å². The van der Waals surface area contributed by atoms with E-state index in [1.807, 2.05) is 74.8 Å². The van der Waals surface area contributed by atoms with Gasteiger partial charge in [-0.15, -0.1) is 0 Å². The SMILES string of the molecule is CN(C)CCOc1ccc(-n2ccn(-c3ccc(Oc4cccc(Cl)c4)cc3)c2=O)cc1. The number of hydrogen-bond acceptors (Lipinski definition) is 4. The third-order valence-electron chi connectivity index (χ3n) is 4.85. The summed E-state index contributed by atoms with van der Waals surface area (Å²) in [7, 11) is 4.01. The van der Waals surface area contributed by atoms with E-state index in [9.17, 15) is 4.79 Å². The molecular formula is C25H24ClN3O3. The van der Waals surface area contributed by atoms with Crippen molar-refractivity contribution in [1.82, 2.24) is 14.0 Å². The van der Waals surface area contributed by atoms with Gasteiger partial charge in [0, 0.05) is 24.0 Å². The van der Waals surface area contributed by atoms with Crippen molar-refractivity contribution in [2.75, 3.05) is 27.2 Å². The van der Waals surface area contributed by atoms with E-state index < -0.39 is 0 Å². The molecular weight excluding hydrogens is 426 g/mol. The molecule has 0 aliphatic rings. The molecule has 32 heavy (non-hydrogen) atoms. The Morgan fingerprint density at radius 3 is 1.97 bits per heavy atom. The van der Waals surface area contributed by atoms with Gasteiger partial charge < -0.3 is 14.4 Å². The fourth-order valence-corrected chi connectivity index (χ4v) is 3.34. The molecule has 7 heteroatoms. The lowest BCUT2D eigenvalue weighted by atomic mass is 10.3. The van der Waals surface area contributed by atoms with Crippen molar-refractivity contribution < 1.29 is 9.47 Å². The van der Waals surface area contributed by atoms with Crippen LogP contribution in [0.3, 0.4) is 0 Å². The highest BCUT2D eigenvalue weighted by atomic mass is 35.5. The summed E-state index contributed by atoms with van der Waals surface area (Å²) in [6, 6.07) is 22.0. The van der Waals surface area contributed by atoms with E-state index >= 15 is 0 Å². The van der Waals surface area contributed by atoms with Gasteiger partial charge in [0.05, 0.1) is 11.4 Å². The Bertz CT molecular complexity index is 1230. The molecule has 0 spiro atoms. The van der Waals surface area contributed by atoms with Gasteiger partial charge in [0.1, 0.15) is 23.9 Å². The van der Waals surface area contributed by atoms with E-state index in [0.29, 0.717) is 23.1 Å². The number of nitrogens with zero attached hydrogens (tertiary/aromatic N) is 3. The van der Waals surface area contributed by atoms with Crippen LogP contribution in [0.1, 0.15) is 0 Å². The number of halogens is 1. The normalized spacial score (nSPS) is 11.0. The Balaban J connectivity index is 1.47. The minimum atomic E-state index is -0.158. The smallest absolute Gasteiger partial charge is 0.337 e. The molecule has 1 heterocycles. The Morgan fingerprint density at radius 1 is 0.812 bits per heavy atom. The highest BCUT2D eigenvalue weighted by Crippen LogP contribution is 2.25. The average Bonchev–Trinajstić information content (AvgIpc) is 3.16. The molecule has 1 aromatic heterocycles. The molecule has 0 N–H and O–H groups in total. The molecule has 4 rings (SSSR count). The number of rotatable bonds is 8. The largest absolute Gasteiger partial charge is 0.492 e. The standard InChI is InChI=1S/C25H24ClN3O3/c1-27(2)16-17-31-22-10-6-20(7-11-22)28-14-15-29(25(28)30)21-8-12-23(13-9-21)32-24-5-3-4-19(26)18-24/h3-15,18H,16-17H2,1-2H3. The zero-order chi connectivity index (χ0) is 22.5. The molecule has 0 saturated heterocycles. The Morgan fingerprint density at radius 2 is 1.41 bits per heavy atom. The number of likely N-dealkylation sites (N-methyl/N-ethyl adjacent to an activating group) is 1. The van der Waals surface area contributed by atoms with Gasteiger partial charge in [-0.1, -0.05) is 17.7 Å². The van der Waals surface area contributed by atoms with Crippen LogP contribution in [0.2, 0.25) is 5.02 Å². The second-order valence-electron chi connectivity index (χ2n) is 7.52. The van der Waals surface area contributed by atoms with E-state index in [1.54, 1.807) is 33.7 Å². The summed E-state index contributed by atoms with van der Waals surface area (Å²) >= 11 is 6.00. The Kier molecular flexibility index (Phi) is 6.63. The van der Waals surface area contributed by atoms with Crippen molar-refractivity contribution >= 4 is 11.6 Å². The lowest BCUT2D eigenvalue weighted by Crippen LogP contribution is -2.21. The van der Waals surface area contributed by atoms with Gasteiger partial charge in [-0.05, 0) is 80.8 Å². The average molecular weight is 450 g/mol. The number of imidazole rings is 1. The van der Waals surface area contributed by atoms with Gasteiger partial charge in [-0.3, -0.25) is 9.13 Å². The van der Waals surface area contributed by atoms with Gasteiger partial charge in [0.25, 0.3) is 0 Å². The first-order valence-corrected chi connectivity index (χ1v) is 10.6. The van der Waals surface area contributed by atoms with Crippen LogP contribution in [0, 0.1) is 0 Å². The second-order valence-corrected chi connectivity index (χ2v) is 7.96. The summed E-state index contributed by atoms with van der Waals surface area (Å²) in [5.41, 5.74) is 1.36. The molecule has 0 fully saturated rings. The van der Waals surface area contributed by atoms with Crippen molar-refractivity contribution in [3.63, 3.8) is 0 Å². The fourth-order valence-electron chi connectivity index (χ4n) is 3.16. The quantitative estimate of drug-likeness (QED) is 0.379. The van der Waals surface area contributed by atoms with Crippen LogP contribution in [-0.2, 0) is 0 Å². The van der Waals surface area contributed by atoms with Crippen LogP contribution in [-0.4, -0.2) is 41.3 Å². The zero-order valence-corrected chi connectivity index (χ0v) is 18.7. The summed E-state index contributed by atoms with van der Waals surface area (Å²) in [5, 5.41) is 0.611. The van der Waals surface area contributed by atoms with Gasteiger partial charge in [0.2, 0.25) is 0 Å². The molecule has 0 atom stereocenters. The molecule has 0 unspecified atom stereocenters. The summed E-state index contributed by atoms with van der Waals surface area (Å²) in [6.07, 6.45) is 3.50. The highest BCUT2D eigenvalue weighted by Gasteiger charge is 2.08. The summed E-state index contributed by atoms with van der Waals surface area (Å²) in [5.74, 6) is 2.09. The summed E-state index contributed by atoms with van der Waals surface area (Å²) in [4.78, 5) is 15.0. The minimum Gasteiger partial charge on any atom is -0.492 e. The minimum absolute atomic E-state index is 0.158. The molecule has 0 bridgehead atoms. The summed E-state index contributed by atoms with van der Waals surface area (Å²) < 4.78 is 14.7. The predicted octanol–water partition coefficient (Wildman–Crippen LogP) is 5.01. The number of hydrogen-bond donors (Lipinski definition) is 0. The first kappa shape index (κ1) is 21.7. The topological polar surface area (TPSA) is 48.6 Å². The third-order valence-corrected chi connectivity index (χ3v) is 5.08. The first-order chi connectivity index (χ1) is 15.5. The van der Waals surface area contributed by atoms with E-state index in [-0.39, 0.29) is 5.69 Å². The van der Waals surface area contributed by atoms with Gasteiger partial charge in [0.15, 0.2) is 0 Å². The van der Waals surface area contributed by atoms with E-state index in [2.05, 4.69) is 4.90 Å². The third kappa shape index (κ3) is 5.22. The maximum Gasteiger partial charge on any atom is 0.337 e. The molecule has 0 saturated carbocycles. The van der Waals surface area contributed by atoms with Gasteiger partial charge in [-0.2, -0.15) is 0 Å². The highest BCUT2D eigenvalue weighted by molar-refractivity contribution is 6.30. The van der Waals surface area contributed by atoms with Crippen LogP contribution in [0.4, 0.5) is 0 Å². The number of ether oxygens (including phenoxy) is 2. The second kappa shape index (κ2) is 9.77. The van der Waals surface area contributed by atoms with Crippen molar-refractivity contribution in [3.05, 3.63) is 101 Å². The van der Waals surface area contributed by atoms with Crippen molar-refractivity contribution in [2.45, 2.75) is 0 Å². The Labute approximate surface area is 191 Å². The van der Waals surface area contributed by atoms with Gasteiger partial charge in [-0.25, -0.2) is 4.79 Å². The van der Waals surface area contributed by atoms with Crippen molar-refractivity contribution in [2.24, 2.45) is 0 Å². The van der Waals surface area contributed by atoms with Gasteiger partial charge >= 0.3 is 5.69 Å². The lowest BCUT2D eigenvalue weighted by Gasteiger charge is -2.11. The number of benzene rings is 3. The molecule has 0 aliphatic carbocycles. The predicted molar refractivity (Wildman–Crippen MR) is 127 cm³/mol. The molecule has 164 valence electrons. The fraction of sp³-hybridized carbons (Fsp3) is 0.160. The van der Waals surface area contributed by atoms with Crippen LogP contribution >= 0.6 is 11.6 Å². The van der Waals surface area contributed by atoms with Crippen molar-refractivity contribution in [1.29, 1.82) is 0 Å². The summed E-state index contributed by atoms with van der Waals surface area (Å²) in [6.45, 7) is 1.45. The zero-order valence-electron chi connectivity index (χ0n) is 17.9. The molecule has 4 aromatic rings.